The van der Waals surface area contributed by atoms with E-state index in [4.69, 9.17) is 0 Å². The van der Waals surface area contributed by atoms with Crippen LogP contribution < -0.4 is 9.62 Å². The molecule has 8 heteroatoms. The van der Waals surface area contributed by atoms with Gasteiger partial charge in [0.05, 0.1) is 4.90 Å². The lowest BCUT2D eigenvalue weighted by Crippen LogP contribution is -2.49. The molecule has 0 aromatic heterocycles. The molecule has 0 aliphatic carbocycles. The van der Waals surface area contributed by atoms with Crippen LogP contribution in [-0.2, 0) is 14.8 Å². The molecule has 1 aliphatic rings. The maximum Gasteiger partial charge on any atom is 0.240 e. The molecule has 0 unspecified atom stereocenters. The third-order valence-electron chi connectivity index (χ3n) is 5.20. The minimum Gasteiger partial charge on any atom is -0.368 e. The van der Waals surface area contributed by atoms with Crippen molar-refractivity contribution < 1.29 is 18.0 Å². The predicted molar refractivity (Wildman–Crippen MR) is 116 cm³/mol. The van der Waals surface area contributed by atoms with Crippen LogP contribution in [0.2, 0.25) is 0 Å². The number of anilines is 1. The molecule has 0 spiro atoms. The second-order valence-corrected chi connectivity index (χ2v) is 9.20. The zero-order chi connectivity index (χ0) is 21.7. The number of rotatable bonds is 7. The molecule has 1 amide bonds. The van der Waals surface area contributed by atoms with Gasteiger partial charge >= 0.3 is 0 Å². The van der Waals surface area contributed by atoms with Crippen molar-refractivity contribution in [3.63, 3.8) is 0 Å². The minimum atomic E-state index is -3.62. The van der Waals surface area contributed by atoms with Crippen LogP contribution in [0.1, 0.15) is 29.3 Å². The molecule has 1 saturated heterocycles. The topological polar surface area (TPSA) is 86.8 Å². The summed E-state index contributed by atoms with van der Waals surface area (Å²) in [5, 5.41) is 0. The Balaban J connectivity index is 1.47. The molecular weight excluding hydrogens is 402 g/mol. The summed E-state index contributed by atoms with van der Waals surface area (Å²) >= 11 is 0. The largest absolute Gasteiger partial charge is 0.368 e. The molecule has 7 nitrogen and oxygen atoms in total. The molecule has 1 N–H and O–H groups in total. The van der Waals surface area contributed by atoms with Crippen LogP contribution >= 0.6 is 0 Å². The summed E-state index contributed by atoms with van der Waals surface area (Å²) in [5.74, 6) is -0.0245. The highest BCUT2D eigenvalue weighted by atomic mass is 32.2. The normalized spacial score (nSPS) is 14.6. The van der Waals surface area contributed by atoms with E-state index in [1.807, 2.05) is 37.3 Å². The quantitative estimate of drug-likeness (QED) is 0.682. The second-order valence-electron chi connectivity index (χ2n) is 7.44. The number of hydrogen-bond acceptors (Lipinski definition) is 5. The number of amides is 1. The Morgan fingerprint density at radius 2 is 1.67 bits per heavy atom. The first kappa shape index (κ1) is 22.0. The molecule has 1 fully saturated rings. The Bertz CT molecular complexity index is 1010. The Hall–Kier alpha value is -2.71. The van der Waals surface area contributed by atoms with Crippen molar-refractivity contribution in [1.82, 2.24) is 9.62 Å². The number of nitrogens with one attached hydrogen (secondary N) is 1. The lowest BCUT2D eigenvalue weighted by molar-refractivity contribution is -0.131. The smallest absolute Gasteiger partial charge is 0.240 e. The number of nitrogens with zero attached hydrogens (tertiary/aromatic N) is 2. The van der Waals surface area contributed by atoms with Gasteiger partial charge in [-0.15, -0.1) is 0 Å². The fourth-order valence-corrected chi connectivity index (χ4v) is 4.57. The SMILES string of the molecule is CC(=O)c1ccc(N2CCN(C(=O)CCNS(=O)(=O)c3cccc(C)c3)CC2)cc1. The van der Waals surface area contributed by atoms with Gasteiger partial charge in [-0.05, 0) is 55.8 Å². The number of benzene rings is 2. The Morgan fingerprint density at radius 3 is 2.27 bits per heavy atom. The van der Waals surface area contributed by atoms with Crippen molar-refractivity contribution in [2.75, 3.05) is 37.6 Å². The standard InChI is InChI=1S/C22H27N3O4S/c1-17-4-3-5-21(16-17)30(28,29)23-11-10-22(27)25-14-12-24(13-15-25)20-8-6-19(7-9-20)18(2)26/h3-9,16,23H,10-15H2,1-2H3. The van der Waals surface area contributed by atoms with Gasteiger partial charge in [0.15, 0.2) is 5.78 Å². The number of carbonyl (C=O) groups is 2. The molecule has 1 heterocycles. The maximum absolute atomic E-state index is 12.5. The van der Waals surface area contributed by atoms with Crippen LogP contribution in [0.25, 0.3) is 0 Å². The van der Waals surface area contributed by atoms with Crippen molar-refractivity contribution >= 4 is 27.4 Å². The Labute approximate surface area is 177 Å². The van der Waals surface area contributed by atoms with Crippen molar-refractivity contribution in [2.24, 2.45) is 0 Å². The fraction of sp³-hybridized carbons (Fsp3) is 0.364. The second kappa shape index (κ2) is 9.40. The van der Waals surface area contributed by atoms with Gasteiger partial charge in [-0.3, -0.25) is 9.59 Å². The first-order chi connectivity index (χ1) is 14.3. The van der Waals surface area contributed by atoms with E-state index < -0.39 is 10.0 Å². The van der Waals surface area contributed by atoms with Crippen LogP contribution in [0.4, 0.5) is 5.69 Å². The monoisotopic (exact) mass is 429 g/mol. The third kappa shape index (κ3) is 5.46. The van der Waals surface area contributed by atoms with Gasteiger partial charge < -0.3 is 9.80 Å². The van der Waals surface area contributed by atoms with Gasteiger partial charge in [-0.25, -0.2) is 13.1 Å². The summed E-state index contributed by atoms with van der Waals surface area (Å²) in [6.07, 6.45) is 0.123. The van der Waals surface area contributed by atoms with E-state index in [-0.39, 0.29) is 29.6 Å². The average Bonchev–Trinajstić information content (AvgIpc) is 2.74. The number of ketones is 1. The van der Waals surface area contributed by atoms with Gasteiger partial charge in [0.2, 0.25) is 15.9 Å². The minimum absolute atomic E-state index is 0.0370. The highest BCUT2D eigenvalue weighted by Gasteiger charge is 2.22. The Morgan fingerprint density at radius 1 is 1.00 bits per heavy atom. The summed E-state index contributed by atoms with van der Waals surface area (Å²) in [7, 11) is -3.62. The van der Waals surface area contributed by atoms with E-state index in [0.717, 1.165) is 11.3 Å². The van der Waals surface area contributed by atoms with Crippen molar-refractivity contribution in [3.05, 3.63) is 59.7 Å². The first-order valence-electron chi connectivity index (χ1n) is 9.96. The predicted octanol–water partition coefficient (Wildman–Crippen LogP) is 2.21. The summed E-state index contributed by atoms with van der Waals surface area (Å²) in [5.41, 5.74) is 2.57. The molecule has 0 saturated carbocycles. The third-order valence-corrected chi connectivity index (χ3v) is 6.66. The van der Waals surface area contributed by atoms with E-state index in [0.29, 0.717) is 31.7 Å². The van der Waals surface area contributed by atoms with Crippen molar-refractivity contribution in [1.29, 1.82) is 0 Å². The van der Waals surface area contributed by atoms with Crippen molar-refractivity contribution in [2.45, 2.75) is 25.2 Å². The molecule has 3 rings (SSSR count). The first-order valence-corrected chi connectivity index (χ1v) is 11.4. The molecule has 2 aromatic rings. The summed E-state index contributed by atoms with van der Waals surface area (Å²) < 4.78 is 27.2. The Kier molecular flexibility index (Phi) is 6.89. The molecule has 0 bridgehead atoms. The highest BCUT2D eigenvalue weighted by Crippen LogP contribution is 2.18. The maximum atomic E-state index is 12.5. The summed E-state index contributed by atoms with van der Waals surface area (Å²) in [6.45, 7) is 6.00. The van der Waals surface area contributed by atoms with E-state index >= 15 is 0 Å². The van der Waals surface area contributed by atoms with Crippen LogP contribution in [0.5, 0.6) is 0 Å². The van der Waals surface area contributed by atoms with Gasteiger partial charge in [-0.1, -0.05) is 12.1 Å². The molecule has 1 aliphatic heterocycles. The lowest BCUT2D eigenvalue weighted by atomic mass is 10.1. The van der Waals surface area contributed by atoms with Gasteiger partial charge in [0.25, 0.3) is 0 Å². The zero-order valence-corrected chi connectivity index (χ0v) is 18.1. The molecule has 0 radical (unpaired) electrons. The summed E-state index contributed by atoms with van der Waals surface area (Å²) in [4.78, 5) is 28.0. The zero-order valence-electron chi connectivity index (χ0n) is 17.3. The summed E-state index contributed by atoms with van der Waals surface area (Å²) in [6, 6.07) is 14.2. The number of sulfonamides is 1. The van der Waals surface area contributed by atoms with Gasteiger partial charge in [0, 0.05) is 50.4 Å². The average molecular weight is 430 g/mol. The molecule has 0 atom stereocenters. The van der Waals surface area contributed by atoms with Gasteiger partial charge in [0.1, 0.15) is 0 Å². The fourth-order valence-electron chi connectivity index (χ4n) is 3.44. The molecular formula is C22H27N3O4S. The van der Waals surface area contributed by atoms with Crippen LogP contribution in [0.15, 0.2) is 53.4 Å². The van der Waals surface area contributed by atoms with Crippen LogP contribution in [0, 0.1) is 6.92 Å². The lowest BCUT2D eigenvalue weighted by Gasteiger charge is -2.36. The molecule has 2 aromatic carbocycles. The van der Waals surface area contributed by atoms with E-state index in [1.54, 1.807) is 30.0 Å². The highest BCUT2D eigenvalue weighted by molar-refractivity contribution is 7.89. The molecule has 30 heavy (non-hydrogen) atoms. The van der Waals surface area contributed by atoms with E-state index in [1.165, 1.54) is 0 Å². The number of aryl methyl sites for hydroxylation is 1. The number of Topliss-reactive ketones (excluding diaryl/α,β-unsaturated/α-hetero) is 1. The number of carbonyl (C=O) groups excluding carboxylic acids is 2. The number of piperazine rings is 1. The van der Waals surface area contributed by atoms with Crippen LogP contribution in [0.3, 0.4) is 0 Å². The molecule has 160 valence electrons. The number of hydrogen-bond donors (Lipinski definition) is 1. The van der Waals surface area contributed by atoms with Crippen molar-refractivity contribution in [3.8, 4) is 0 Å². The van der Waals surface area contributed by atoms with Gasteiger partial charge in [-0.2, -0.15) is 0 Å². The van der Waals surface area contributed by atoms with E-state index in [2.05, 4.69) is 9.62 Å². The van der Waals surface area contributed by atoms with Crippen LogP contribution in [-0.4, -0.2) is 57.7 Å². The van der Waals surface area contributed by atoms with E-state index in [9.17, 15) is 18.0 Å².